The first-order valence-electron chi connectivity index (χ1n) is 5.70. The second-order valence-electron chi connectivity index (χ2n) is 4.08. The second-order valence-corrected chi connectivity index (χ2v) is 5.37. The van der Waals surface area contributed by atoms with E-state index in [0.29, 0.717) is 17.7 Å². The van der Waals surface area contributed by atoms with Crippen molar-refractivity contribution in [2.45, 2.75) is 20.3 Å². The molecule has 18 heavy (non-hydrogen) atoms. The van der Waals surface area contributed by atoms with Gasteiger partial charge in [0.15, 0.2) is 5.78 Å². The smallest absolute Gasteiger partial charge is 0.169 e. The molecule has 0 saturated heterocycles. The van der Waals surface area contributed by atoms with Crippen LogP contribution in [0.15, 0.2) is 24.3 Å². The number of benzene rings is 1. The van der Waals surface area contributed by atoms with Gasteiger partial charge in [-0.05, 0) is 26.0 Å². The Balaban J connectivity index is 2.16. The van der Waals surface area contributed by atoms with E-state index in [1.165, 1.54) is 4.88 Å². The van der Waals surface area contributed by atoms with Crippen LogP contribution in [0, 0.1) is 13.8 Å². The third kappa shape index (κ3) is 2.76. The first kappa shape index (κ1) is 12.8. The van der Waals surface area contributed by atoms with Crippen molar-refractivity contribution in [3.8, 4) is 5.75 Å². The van der Waals surface area contributed by atoms with Crippen LogP contribution in [0.3, 0.4) is 0 Å². The molecule has 2 aromatic rings. The molecular weight excluding hydrogens is 246 g/mol. The molecule has 1 aromatic heterocycles. The van der Waals surface area contributed by atoms with Crippen LogP contribution in [0.1, 0.15) is 25.9 Å². The standard InChI is InChI=1S/C14H15NO2S/c1-9-10(2)18-14(15-9)8-13(16)11-5-4-6-12(7-11)17-3/h4-7H,8H2,1-3H3. The van der Waals surface area contributed by atoms with Crippen molar-refractivity contribution in [2.75, 3.05) is 7.11 Å². The molecule has 0 atom stereocenters. The molecule has 1 aromatic carbocycles. The average molecular weight is 261 g/mol. The molecule has 0 bridgehead atoms. The predicted molar refractivity (Wildman–Crippen MR) is 72.6 cm³/mol. The summed E-state index contributed by atoms with van der Waals surface area (Å²) in [7, 11) is 1.59. The molecule has 0 aliphatic carbocycles. The van der Waals surface area contributed by atoms with E-state index in [1.807, 2.05) is 26.0 Å². The fraction of sp³-hybridized carbons (Fsp3) is 0.286. The van der Waals surface area contributed by atoms with Gasteiger partial charge in [0.2, 0.25) is 0 Å². The van der Waals surface area contributed by atoms with E-state index in [-0.39, 0.29) is 5.78 Å². The minimum atomic E-state index is 0.0719. The zero-order valence-electron chi connectivity index (χ0n) is 10.7. The monoisotopic (exact) mass is 261 g/mol. The Morgan fingerprint density at radius 3 is 2.78 bits per heavy atom. The van der Waals surface area contributed by atoms with Crippen LogP contribution < -0.4 is 4.74 Å². The summed E-state index contributed by atoms with van der Waals surface area (Å²) in [5.74, 6) is 0.773. The number of hydrogen-bond donors (Lipinski definition) is 0. The van der Waals surface area contributed by atoms with E-state index in [2.05, 4.69) is 4.98 Å². The number of ketones is 1. The van der Waals surface area contributed by atoms with Crippen LogP contribution >= 0.6 is 11.3 Å². The van der Waals surface area contributed by atoms with Crippen molar-refractivity contribution in [1.29, 1.82) is 0 Å². The quantitative estimate of drug-likeness (QED) is 0.793. The first-order valence-corrected chi connectivity index (χ1v) is 6.52. The van der Waals surface area contributed by atoms with Gasteiger partial charge in [-0.1, -0.05) is 12.1 Å². The maximum Gasteiger partial charge on any atom is 0.169 e. The lowest BCUT2D eigenvalue weighted by molar-refractivity contribution is 0.0992. The number of methoxy groups -OCH3 is 1. The molecule has 0 amide bonds. The van der Waals surface area contributed by atoms with Crippen LogP contribution in [0.5, 0.6) is 5.75 Å². The number of hydrogen-bond acceptors (Lipinski definition) is 4. The molecule has 0 aliphatic heterocycles. The fourth-order valence-corrected chi connectivity index (χ4v) is 2.58. The number of aryl methyl sites for hydroxylation is 2. The third-order valence-corrected chi connectivity index (χ3v) is 3.85. The van der Waals surface area contributed by atoms with Gasteiger partial charge >= 0.3 is 0 Å². The summed E-state index contributed by atoms with van der Waals surface area (Å²) in [6, 6.07) is 7.21. The summed E-state index contributed by atoms with van der Waals surface area (Å²) >= 11 is 1.58. The number of ether oxygens (including phenoxy) is 1. The van der Waals surface area contributed by atoms with Gasteiger partial charge in [-0.25, -0.2) is 4.98 Å². The highest BCUT2D eigenvalue weighted by Gasteiger charge is 2.11. The SMILES string of the molecule is COc1cccc(C(=O)Cc2nc(C)c(C)s2)c1. The maximum atomic E-state index is 12.1. The van der Waals surface area contributed by atoms with E-state index in [1.54, 1.807) is 30.6 Å². The van der Waals surface area contributed by atoms with Crippen LogP contribution in [-0.2, 0) is 6.42 Å². The van der Waals surface area contributed by atoms with Crippen molar-refractivity contribution in [2.24, 2.45) is 0 Å². The molecule has 3 nitrogen and oxygen atoms in total. The number of carbonyl (C=O) groups is 1. The van der Waals surface area contributed by atoms with Crippen molar-refractivity contribution in [3.05, 3.63) is 45.4 Å². The Morgan fingerprint density at radius 1 is 1.39 bits per heavy atom. The molecule has 2 rings (SSSR count). The summed E-state index contributed by atoms with van der Waals surface area (Å²) < 4.78 is 5.11. The number of carbonyl (C=O) groups excluding carboxylic acids is 1. The minimum absolute atomic E-state index is 0.0719. The number of nitrogens with zero attached hydrogens (tertiary/aromatic N) is 1. The van der Waals surface area contributed by atoms with Gasteiger partial charge in [0.05, 0.1) is 19.2 Å². The highest BCUT2D eigenvalue weighted by molar-refractivity contribution is 7.11. The van der Waals surface area contributed by atoms with Crippen molar-refractivity contribution in [3.63, 3.8) is 0 Å². The lowest BCUT2D eigenvalue weighted by Crippen LogP contribution is -2.03. The number of thiazole rings is 1. The van der Waals surface area contributed by atoms with Crippen LogP contribution in [0.2, 0.25) is 0 Å². The molecule has 0 fully saturated rings. The highest BCUT2D eigenvalue weighted by Crippen LogP contribution is 2.19. The maximum absolute atomic E-state index is 12.1. The Kier molecular flexibility index (Phi) is 3.77. The van der Waals surface area contributed by atoms with Gasteiger partial charge in [-0.3, -0.25) is 4.79 Å². The lowest BCUT2D eigenvalue weighted by atomic mass is 10.1. The summed E-state index contributed by atoms with van der Waals surface area (Å²) in [5, 5.41) is 0.873. The van der Waals surface area contributed by atoms with Crippen LogP contribution in [0.25, 0.3) is 0 Å². The zero-order valence-corrected chi connectivity index (χ0v) is 11.5. The Morgan fingerprint density at radius 2 is 2.17 bits per heavy atom. The van der Waals surface area contributed by atoms with Gasteiger partial charge < -0.3 is 4.74 Å². The summed E-state index contributed by atoms with van der Waals surface area (Å²) in [6.45, 7) is 3.98. The molecule has 0 aliphatic rings. The predicted octanol–water partition coefficient (Wildman–Crippen LogP) is 3.19. The fourth-order valence-electron chi connectivity index (χ4n) is 1.65. The Bertz CT molecular complexity index is 555. The molecule has 0 radical (unpaired) electrons. The molecular formula is C14H15NO2S. The number of aromatic nitrogens is 1. The van der Waals surface area contributed by atoms with E-state index >= 15 is 0 Å². The number of rotatable bonds is 4. The van der Waals surface area contributed by atoms with Gasteiger partial charge in [-0.15, -0.1) is 11.3 Å². The van der Waals surface area contributed by atoms with Gasteiger partial charge in [0.1, 0.15) is 10.8 Å². The van der Waals surface area contributed by atoms with Crippen molar-refractivity contribution < 1.29 is 9.53 Å². The summed E-state index contributed by atoms with van der Waals surface area (Å²) in [6.07, 6.45) is 0.354. The van der Waals surface area contributed by atoms with E-state index in [4.69, 9.17) is 4.74 Å². The van der Waals surface area contributed by atoms with Gasteiger partial charge in [-0.2, -0.15) is 0 Å². The zero-order chi connectivity index (χ0) is 13.1. The van der Waals surface area contributed by atoms with E-state index < -0.39 is 0 Å². The first-order chi connectivity index (χ1) is 8.60. The largest absolute Gasteiger partial charge is 0.497 e. The third-order valence-electron chi connectivity index (χ3n) is 2.78. The molecule has 0 saturated carbocycles. The van der Waals surface area contributed by atoms with E-state index in [9.17, 15) is 4.79 Å². The topological polar surface area (TPSA) is 39.2 Å². The average Bonchev–Trinajstić information content (AvgIpc) is 2.68. The van der Waals surface area contributed by atoms with Crippen LogP contribution in [-0.4, -0.2) is 17.9 Å². The van der Waals surface area contributed by atoms with E-state index in [0.717, 1.165) is 10.7 Å². The van der Waals surface area contributed by atoms with Gasteiger partial charge in [0, 0.05) is 10.4 Å². The minimum Gasteiger partial charge on any atom is -0.497 e. The molecule has 0 unspecified atom stereocenters. The summed E-state index contributed by atoms with van der Waals surface area (Å²) in [4.78, 5) is 17.7. The van der Waals surface area contributed by atoms with Gasteiger partial charge in [0.25, 0.3) is 0 Å². The Labute approximate surface area is 110 Å². The van der Waals surface area contributed by atoms with Crippen molar-refractivity contribution >= 4 is 17.1 Å². The molecule has 1 heterocycles. The molecule has 0 spiro atoms. The molecule has 94 valence electrons. The second kappa shape index (κ2) is 5.31. The number of Topliss-reactive ketones (excluding diaryl/α,β-unsaturated/α-hetero) is 1. The normalized spacial score (nSPS) is 10.4. The molecule has 0 N–H and O–H groups in total. The molecule has 4 heteroatoms. The highest BCUT2D eigenvalue weighted by atomic mass is 32.1. The summed E-state index contributed by atoms with van der Waals surface area (Å²) in [5.41, 5.74) is 1.67. The van der Waals surface area contributed by atoms with Crippen LogP contribution in [0.4, 0.5) is 0 Å². The lowest BCUT2D eigenvalue weighted by Gasteiger charge is -2.02. The Hall–Kier alpha value is -1.68. The van der Waals surface area contributed by atoms with Crippen molar-refractivity contribution in [1.82, 2.24) is 4.98 Å².